The van der Waals surface area contributed by atoms with Crippen molar-refractivity contribution in [2.45, 2.75) is 71.4 Å². The first kappa shape index (κ1) is 15.3. The van der Waals surface area contributed by atoms with E-state index in [2.05, 4.69) is 19.2 Å². The molecule has 1 N–H and O–H groups in total. The summed E-state index contributed by atoms with van der Waals surface area (Å²) in [5, 5.41) is 2.97. The van der Waals surface area contributed by atoms with E-state index < -0.39 is 0 Å². The van der Waals surface area contributed by atoms with E-state index >= 15 is 0 Å². The maximum atomic E-state index is 12.7. The van der Waals surface area contributed by atoms with Crippen molar-refractivity contribution in [3.63, 3.8) is 0 Å². The van der Waals surface area contributed by atoms with E-state index in [1.54, 1.807) is 4.90 Å². The normalized spacial score (nSPS) is 28.9. The van der Waals surface area contributed by atoms with Crippen molar-refractivity contribution in [3.05, 3.63) is 0 Å². The number of carbonyl (C=O) groups is 2. The van der Waals surface area contributed by atoms with Gasteiger partial charge in [0.1, 0.15) is 12.1 Å². The highest BCUT2D eigenvalue weighted by molar-refractivity contribution is 5.96. The smallest absolute Gasteiger partial charge is 0.246 e. The zero-order valence-electron chi connectivity index (χ0n) is 13.0. The molecule has 2 aliphatic rings. The minimum Gasteiger partial charge on any atom is -0.342 e. The molecule has 1 saturated heterocycles. The van der Waals surface area contributed by atoms with E-state index in [-0.39, 0.29) is 23.9 Å². The van der Waals surface area contributed by atoms with Crippen molar-refractivity contribution in [3.8, 4) is 0 Å². The van der Waals surface area contributed by atoms with Gasteiger partial charge in [-0.05, 0) is 38.0 Å². The largest absolute Gasteiger partial charge is 0.342 e. The van der Waals surface area contributed by atoms with Gasteiger partial charge in [-0.25, -0.2) is 0 Å². The molecule has 4 nitrogen and oxygen atoms in total. The van der Waals surface area contributed by atoms with Gasteiger partial charge in [0.05, 0.1) is 0 Å². The van der Waals surface area contributed by atoms with E-state index in [4.69, 9.17) is 0 Å². The fourth-order valence-electron chi connectivity index (χ4n) is 3.33. The van der Waals surface area contributed by atoms with Crippen LogP contribution in [0.1, 0.15) is 59.3 Å². The van der Waals surface area contributed by atoms with Crippen LogP contribution in [0.3, 0.4) is 0 Å². The highest BCUT2D eigenvalue weighted by Crippen LogP contribution is 2.29. The molecular formula is C16H28N2O2. The molecule has 2 atom stereocenters. The summed E-state index contributed by atoms with van der Waals surface area (Å²) in [6, 6.07) is -0.591. The zero-order valence-corrected chi connectivity index (χ0v) is 13.0. The number of nitrogens with one attached hydrogen (secondary N) is 1. The molecule has 0 bridgehead atoms. The SMILES string of the molecule is CC(C)CCN1C(=O)C(C2CCCCC2)NC(=O)C1C. The van der Waals surface area contributed by atoms with Gasteiger partial charge in [-0.3, -0.25) is 9.59 Å². The minimum absolute atomic E-state index is 0.0175. The molecule has 20 heavy (non-hydrogen) atoms. The summed E-state index contributed by atoms with van der Waals surface area (Å²) in [6.45, 7) is 6.84. The van der Waals surface area contributed by atoms with Crippen molar-refractivity contribution < 1.29 is 9.59 Å². The Bertz CT molecular complexity index is 361. The topological polar surface area (TPSA) is 49.4 Å². The monoisotopic (exact) mass is 280 g/mol. The second-order valence-electron chi connectivity index (χ2n) is 6.77. The molecule has 0 aromatic heterocycles. The quantitative estimate of drug-likeness (QED) is 0.859. The van der Waals surface area contributed by atoms with Crippen molar-refractivity contribution in [1.29, 1.82) is 0 Å². The summed E-state index contributed by atoms with van der Waals surface area (Å²) >= 11 is 0. The molecule has 1 saturated carbocycles. The van der Waals surface area contributed by atoms with Gasteiger partial charge >= 0.3 is 0 Å². The molecule has 1 heterocycles. The number of piperazine rings is 1. The van der Waals surface area contributed by atoms with Gasteiger partial charge in [-0.1, -0.05) is 33.1 Å². The summed E-state index contributed by atoms with van der Waals surface area (Å²) in [4.78, 5) is 26.7. The van der Waals surface area contributed by atoms with Crippen LogP contribution >= 0.6 is 0 Å². The molecule has 2 fully saturated rings. The number of hydrogen-bond acceptors (Lipinski definition) is 2. The molecule has 1 aliphatic carbocycles. The van der Waals surface area contributed by atoms with Crippen LogP contribution in [0.15, 0.2) is 0 Å². The number of rotatable bonds is 4. The standard InChI is InChI=1S/C16H28N2O2/c1-11(2)9-10-18-12(3)15(19)17-14(16(18)20)13-7-5-4-6-8-13/h11-14H,4-10H2,1-3H3,(H,17,19). The molecule has 0 spiro atoms. The first-order valence-corrected chi connectivity index (χ1v) is 8.11. The molecular weight excluding hydrogens is 252 g/mol. The van der Waals surface area contributed by atoms with Crippen molar-refractivity contribution in [1.82, 2.24) is 10.2 Å². The lowest BCUT2D eigenvalue weighted by Crippen LogP contribution is -2.64. The van der Waals surface area contributed by atoms with Crippen LogP contribution in [-0.4, -0.2) is 35.3 Å². The number of carbonyl (C=O) groups excluding carboxylic acids is 2. The van der Waals surface area contributed by atoms with E-state index in [1.165, 1.54) is 19.3 Å². The zero-order chi connectivity index (χ0) is 14.7. The predicted molar refractivity (Wildman–Crippen MR) is 79.1 cm³/mol. The van der Waals surface area contributed by atoms with Crippen molar-refractivity contribution >= 4 is 11.8 Å². The molecule has 0 radical (unpaired) electrons. The van der Waals surface area contributed by atoms with Crippen LogP contribution in [0.25, 0.3) is 0 Å². The van der Waals surface area contributed by atoms with Gasteiger partial charge in [0.25, 0.3) is 0 Å². The van der Waals surface area contributed by atoms with Gasteiger partial charge in [-0.15, -0.1) is 0 Å². The first-order chi connectivity index (χ1) is 9.50. The molecule has 4 heteroatoms. The van der Waals surface area contributed by atoms with E-state index in [0.717, 1.165) is 19.3 Å². The van der Waals surface area contributed by atoms with E-state index in [9.17, 15) is 9.59 Å². The van der Waals surface area contributed by atoms with Crippen LogP contribution in [0.5, 0.6) is 0 Å². The molecule has 2 amide bonds. The maximum Gasteiger partial charge on any atom is 0.246 e. The number of nitrogens with zero attached hydrogens (tertiary/aromatic N) is 1. The molecule has 2 unspecified atom stereocenters. The van der Waals surface area contributed by atoms with Crippen LogP contribution in [-0.2, 0) is 9.59 Å². The number of hydrogen-bond donors (Lipinski definition) is 1. The van der Waals surface area contributed by atoms with Gasteiger partial charge < -0.3 is 10.2 Å². The Morgan fingerprint density at radius 3 is 2.45 bits per heavy atom. The Balaban J connectivity index is 2.06. The Hall–Kier alpha value is -1.06. The lowest BCUT2D eigenvalue weighted by molar-refractivity contribution is -0.150. The molecule has 114 valence electrons. The molecule has 2 rings (SSSR count). The first-order valence-electron chi connectivity index (χ1n) is 8.11. The third-order valence-electron chi connectivity index (χ3n) is 4.76. The summed E-state index contributed by atoms with van der Waals surface area (Å²) in [6.07, 6.45) is 6.74. The summed E-state index contributed by atoms with van der Waals surface area (Å²) in [5.74, 6) is 1.05. The summed E-state index contributed by atoms with van der Waals surface area (Å²) in [5.41, 5.74) is 0. The van der Waals surface area contributed by atoms with E-state index in [1.807, 2.05) is 6.92 Å². The fourth-order valence-corrected chi connectivity index (χ4v) is 3.33. The maximum absolute atomic E-state index is 12.7. The molecule has 0 aromatic rings. The van der Waals surface area contributed by atoms with Crippen LogP contribution in [0, 0.1) is 11.8 Å². The fraction of sp³-hybridized carbons (Fsp3) is 0.875. The van der Waals surface area contributed by atoms with Crippen molar-refractivity contribution in [2.75, 3.05) is 6.54 Å². The summed E-state index contributed by atoms with van der Waals surface area (Å²) in [7, 11) is 0. The van der Waals surface area contributed by atoms with E-state index in [0.29, 0.717) is 18.4 Å². The predicted octanol–water partition coefficient (Wildman–Crippen LogP) is 2.33. The van der Waals surface area contributed by atoms with Gasteiger partial charge in [0.2, 0.25) is 11.8 Å². The van der Waals surface area contributed by atoms with Crippen molar-refractivity contribution in [2.24, 2.45) is 11.8 Å². The third-order valence-corrected chi connectivity index (χ3v) is 4.76. The third kappa shape index (κ3) is 3.33. The lowest BCUT2D eigenvalue weighted by Gasteiger charge is -2.41. The number of amides is 2. The van der Waals surface area contributed by atoms with Gasteiger partial charge in [0, 0.05) is 6.54 Å². The Morgan fingerprint density at radius 1 is 1.20 bits per heavy atom. The minimum atomic E-state index is -0.318. The average Bonchev–Trinajstić information content (AvgIpc) is 2.43. The van der Waals surface area contributed by atoms with Crippen LogP contribution in [0.4, 0.5) is 0 Å². The summed E-state index contributed by atoms with van der Waals surface area (Å²) < 4.78 is 0. The Kier molecular flexibility index (Phi) is 5.06. The molecule has 0 aromatic carbocycles. The van der Waals surface area contributed by atoms with Crippen LogP contribution in [0.2, 0.25) is 0 Å². The highest BCUT2D eigenvalue weighted by Gasteiger charge is 2.41. The second kappa shape index (κ2) is 6.59. The second-order valence-corrected chi connectivity index (χ2v) is 6.77. The van der Waals surface area contributed by atoms with Crippen LogP contribution < -0.4 is 5.32 Å². The Morgan fingerprint density at radius 2 is 1.85 bits per heavy atom. The lowest BCUT2D eigenvalue weighted by atomic mass is 9.82. The molecule has 1 aliphatic heterocycles. The Labute approximate surface area is 122 Å². The average molecular weight is 280 g/mol. The van der Waals surface area contributed by atoms with Gasteiger partial charge in [0.15, 0.2) is 0 Å². The van der Waals surface area contributed by atoms with Gasteiger partial charge in [-0.2, -0.15) is 0 Å². The highest BCUT2D eigenvalue weighted by atomic mass is 16.2.